The minimum atomic E-state index is -4.01. The fraction of sp³-hybridized carbons (Fsp3) is 0.625. The molecule has 0 radical (unpaired) electrons. The number of hydrogen-bond donors (Lipinski definition) is 0. The molecule has 1 aromatic rings. The van der Waals surface area contributed by atoms with Gasteiger partial charge in [0.1, 0.15) is 0 Å². The summed E-state index contributed by atoms with van der Waals surface area (Å²) >= 11 is 0. The van der Waals surface area contributed by atoms with Crippen LogP contribution in [0, 0.1) is 0 Å². The molecule has 0 bridgehead atoms. The lowest BCUT2D eigenvalue weighted by Crippen LogP contribution is -2.57. The van der Waals surface area contributed by atoms with Crippen molar-refractivity contribution in [3.63, 3.8) is 0 Å². The second-order valence-electron chi connectivity index (χ2n) is 6.74. The van der Waals surface area contributed by atoms with Crippen LogP contribution in [0.1, 0.15) is 30.4 Å². The van der Waals surface area contributed by atoms with Crippen LogP contribution >= 0.6 is 0 Å². The number of halogens is 4. The van der Waals surface area contributed by atoms with Crippen LogP contribution in [-0.4, -0.2) is 49.3 Å². The Morgan fingerprint density at radius 2 is 1.96 bits per heavy atom. The quantitative estimate of drug-likeness (QED) is 0.773. The molecule has 2 aliphatic rings. The Morgan fingerprint density at radius 3 is 2.54 bits per heavy atom. The lowest BCUT2D eigenvalue weighted by Gasteiger charge is -2.44. The molecular weight excluding hydrogens is 346 g/mol. The summed E-state index contributed by atoms with van der Waals surface area (Å²) in [6, 6.07) is 6.30. The third kappa shape index (κ3) is 2.94. The molecule has 3 rings (SSSR count). The minimum absolute atomic E-state index is 0.0702. The number of alkyl halides is 4. The van der Waals surface area contributed by atoms with E-state index in [2.05, 4.69) is 0 Å². The lowest BCUT2D eigenvalue weighted by atomic mass is 9.72. The fourth-order valence-corrected chi connectivity index (χ4v) is 4.66. The van der Waals surface area contributed by atoms with Crippen LogP contribution in [0.4, 0.5) is 17.6 Å². The van der Waals surface area contributed by atoms with Crippen molar-refractivity contribution in [2.24, 2.45) is 0 Å². The lowest BCUT2D eigenvalue weighted by molar-refractivity contribution is -0.290. The number of rotatable bonds is 3. The predicted molar refractivity (Wildman–Crippen MR) is 82.2 cm³/mol. The molecule has 2 fully saturated rings. The van der Waals surface area contributed by atoms with Crippen LogP contribution < -0.4 is 0 Å². The number of sulfone groups is 1. The molecule has 1 saturated heterocycles. The zero-order valence-electron chi connectivity index (χ0n) is 13.2. The summed E-state index contributed by atoms with van der Waals surface area (Å²) in [7, 11) is -3.06. The van der Waals surface area contributed by atoms with Crippen LogP contribution in [0.3, 0.4) is 0 Å². The summed E-state index contributed by atoms with van der Waals surface area (Å²) in [6.07, 6.45) is -0.845. The average molecular weight is 365 g/mol. The van der Waals surface area contributed by atoms with E-state index in [-0.39, 0.29) is 11.3 Å². The van der Waals surface area contributed by atoms with Crippen molar-refractivity contribution in [1.82, 2.24) is 4.90 Å². The maximum atomic E-state index is 13.6. The Labute approximate surface area is 138 Å². The topological polar surface area (TPSA) is 37.4 Å². The monoisotopic (exact) mass is 365 g/mol. The van der Waals surface area contributed by atoms with Gasteiger partial charge in [0.05, 0.1) is 16.9 Å². The summed E-state index contributed by atoms with van der Waals surface area (Å²) in [5, 5.41) is -0.468. The molecule has 1 aliphatic heterocycles. The standard InChI is InChI=1S/C16H19F4NO2S/c1-11-9-21(5-6-24(11,22)23)10-12-3-2-4-13(7-12)14-8-15(17,18)16(14,19)20/h2-4,7,11,14H,5-6,8-10H2,1H3/t11-,14?/m0/s1. The number of nitrogens with zero attached hydrogens (tertiary/aromatic N) is 1. The molecule has 134 valence electrons. The van der Waals surface area contributed by atoms with Gasteiger partial charge >= 0.3 is 11.8 Å². The van der Waals surface area contributed by atoms with Crippen molar-refractivity contribution in [1.29, 1.82) is 0 Å². The van der Waals surface area contributed by atoms with Gasteiger partial charge in [-0.15, -0.1) is 0 Å². The summed E-state index contributed by atoms with van der Waals surface area (Å²) in [6.45, 7) is 2.83. The molecule has 0 amide bonds. The van der Waals surface area contributed by atoms with Gasteiger partial charge in [0.15, 0.2) is 9.84 Å². The van der Waals surface area contributed by atoms with E-state index in [1.165, 1.54) is 12.1 Å². The van der Waals surface area contributed by atoms with Crippen LogP contribution in [0.25, 0.3) is 0 Å². The highest BCUT2D eigenvalue weighted by Crippen LogP contribution is 2.59. The number of benzene rings is 1. The Kier molecular flexibility index (Phi) is 4.19. The molecule has 1 saturated carbocycles. The molecule has 2 atom stereocenters. The van der Waals surface area contributed by atoms with Crippen molar-refractivity contribution < 1.29 is 26.0 Å². The minimum Gasteiger partial charge on any atom is -0.297 e. The molecule has 1 aromatic carbocycles. The van der Waals surface area contributed by atoms with Gasteiger partial charge in [0.25, 0.3) is 0 Å². The van der Waals surface area contributed by atoms with Crippen LogP contribution in [-0.2, 0) is 16.4 Å². The van der Waals surface area contributed by atoms with Crippen LogP contribution in [0.15, 0.2) is 24.3 Å². The van der Waals surface area contributed by atoms with Crippen LogP contribution in [0.5, 0.6) is 0 Å². The molecule has 1 heterocycles. The first-order valence-corrected chi connectivity index (χ1v) is 9.53. The van der Waals surface area contributed by atoms with Gasteiger partial charge in [-0.25, -0.2) is 8.42 Å². The Balaban J connectivity index is 1.71. The van der Waals surface area contributed by atoms with Crippen molar-refractivity contribution in [3.8, 4) is 0 Å². The third-order valence-electron chi connectivity index (χ3n) is 4.97. The summed E-state index contributed by atoms with van der Waals surface area (Å²) in [5.74, 6) is -9.35. The second kappa shape index (κ2) is 5.69. The van der Waals surface area contributed by atoms with E-state index in [1.807, 2.05) is 4.90 Å². The zero-order chi connectivity index (χ0) is 17.8. The normalized spacial score (nSPS) is 31.4. The van der Waals surface area contributed by atoms with E-state index in [9.17, 15) is 26.0 Å². The van der Waals surface area contributed by atoms with Gasteiger partial charge in [-0.1, -0.05) is 24.3 Å². The Morgan fingerprint density at radius 1 is 1.25 bits per heavy atom. The Bertz CT molecular complexity index is 735. The van der Waals surface area contributed by atoms with Gasteiger partial charge in [0, 0.05) is 26.1 Å². The van der Waals surface area contributed by atoms with Crippen molar-refractivity contribution in [2.45, 2.75) is 42.9 Å². The molecule has 8 heteroatoms. The predicted octanol–water partition coefficient (Wildman–Crippen LogP) is 3.06. The third-order valence-corrected chi connectivity index (χ3v) is 7.09. The van der Waals surface area contributed by atoms with E-state index >= 15 is 0 Å². The molecule has 1 unspecified atom stereocenters. The first-order valence-electron chi connectivity index (χ1n) is 7.81. The maximum Gasteiger partial charge on any atom is 0.317 e. The van der Waals surface area contributed by atoms with E-state index in [0.29, 0.717) is 19.6 Å². The molecule has 24 heavy (non-hydrogen) atoms. The molecule has 0 spiro atoms. The molecule has 3 nitrogen and oxygen atoms in total. The van der Waals surface area contributed by atoms with Crippen molar-refractivity contribution >= 4 is 9.84 Å². The molecular formula is C16H19F4NO2S. The van der Waals surface area contributed by atoms with Gasteiger partial charge in [-0.05, 0) is 18.1 Å². The molecule has 0 aromatic heterocycles. The highest BCUT2D eigenvalue weighted by atomic mass is 32.2. The summed E-state index contributed by atoms with van der Waals surface area (Å²) in [5.41, 5.74) is 0.936. The highest BCUT2D eigenvalue weighted by Gasteiger charge is 2.71. The number of hydrogen-bond acceptors (Lipinski definition) is 3. The summed E-state index contributed by atoms with van der Waals surface area (Å²) < 4.78 is 76.6. The SMILES string of the molecule is C[C@H]1CN(Cc2cccc(C3CC(F)(F)C3(F)F)c2)CCS1(=O)=O. The highest BCUT2D eigenvalue weighted by molar-refractivity contribution is 7.92. The molecule has 0 N–H and O–H groups in total. The van der Waals surface area contributed by atoms with E-state index in [0.717, 1.165) is 5.56 Å². The van der Waals surface area contributed by atoms with Gasteiger partial charge in [-0.3, -0.25) is 4.90 Å². The van der Waals surface area contributed by atoms with E-state index in [1.54, 1.807) is 19.1 Å². The average Bonchev–Trinajstić information content (AvgIpc) is 2.49. The smallest absolute Gasteiger partial charge is 0.297 e. The van der Waals surface area contributed by atoms with Gasteiger partial charge < -0.3 is 0 Å². The first kappa shape index (κ1) is 17.7. The first-order chi connectivity index (χ1) is 11.0. The fourth-order valence-electron chi connectivity index (χ4n) is 3.31. The molecule has 1 aliphatic carbocycles. The zero-order valence-corrected chi connectivity index (χ0v) is 14.0. The maximum absolute atomic E-state index is 13.6. The summed E-state index contributed by atoms with van der Waals surface area (Å²) in [4.78, 5) is 1.94. The van der Waals surface area contributed by atoms with E-state index < -0.39 is 39.3 Å². The Hall–Kier alpha value is -1.15. The van der Waals surface area contributed by atoms with Crippen LogP contribution in [0.2, 0.25) is 0 Å². The van der Waals surface area contributed by atoms with Gasteiger partial charge in [0.2, 0.25) is 0 Å². The van der Waals surface area contributed by atoms with Gasteiger partial charge in [-0.2, -0.15) is 17.6 Å². The van der Waals surface area contributed by atoms with Crippen molar-refractivity contribution in [3.05, 3.63) is 35.4 Å². The second-order valence-corrected chi connectivity index (χ2v) is 9.28. The largest absolute Gasteiger partial charge is 0.317 e. The van der Waals surface area contributed by atoms with Crippen molar-refractivity contribution in [2.75, 3.05) is 18.8 Å². The van der Waals surface area contributed by atoms with E-state index in [4.69, 9.17) is 0 Å².